The van der Waals surface area contributed by atoms with Gasteiger partial charge in [-0.15, -0.1) is 10.1 Å². The predicted molar refractivity (Wildman–Crippen MR) is 466 cm³/mol. The van der Waals surface area contributed by atoms with E-state index in [1.54, 1.807) is 0 Å². The van der Waals surface area contributed by atoms with E-state index in [1.807, 2.05) is 79.7 Å². The SMILES string of the molecule is C=C(C)[C@H]1C=CC(C)(O)CC1.CC1=CC[C@@H]2[C@@H](C1)c1c(O)cc(C(F)(F)C(=O)OCCCBr)cc1OC2(C)C.CC1=CC[C@@H]2[C@@H](C1)c1c(O)cc(C(F)(F)C(=O)OCCCO[N+](=O)[O-])cc1OC2(C)C.COc1cc(CO)cc(C(=O)C(=O)O)c1.COc1cc(CO)cc(C(F)(F)C(=O)Cl)c1.O=C(OCCCBr)C(F)(F)c1cc(O)cc(O)c1.OCCCc1ccccc1. The number of carboxylic acid groups (broad SMARTS) is 1. The van der Waals surface area contributed by atoms with E-state index < -0.39 is 127 Å². The van der Waals surface area contributed by atoms with Gasteiger partial charge in [0.25, 0.3) is 16.1 Å². The van der Waals surface area contributed by atoms with Crippen LogP contribution >= 0.6 is 43.5 Å². The number of methoxy groups -OCH3 is 2. The number of carbonyl (C=O) groups excluding carboxylic acids is 5. The number of alkyl halides is 10. The van der Waals surface area contributed by atoms with Crippen molar-refractivity contribution in [3.05, 3.63) is 223 Å². The van der Waals surface area contributed by atoms with Crippen molar-refractivity contribution >= 4 is 78.4 Å². The number of benzene rings is 6. The van der Waals surface area contributed by atoms with E-state index in [9.17, 15) is 89.3 Å². The lowest BCUT2D eigenvalue weighted by Crippen LogP contribution is -2.45. The Morgan fingerprint density at radius 1 is 0.581 bits per heavy atom. The standard InChI is InChI=1S/C21H25BrF2O4.C21H25F2NO7.C11H11BrF2O4.C10H9ClF2O3.C10H10O5.C10H16O.C9H12O/c1-12-5-6-15-14(9-12)18-16(25)10-13(11-17(18)28-20(15,2)3)21(23,24)19(26)27-8-4-7-22;1-12-5-6-15-14(9-12)18-16(25)10-13(11-17(18)31-20(15,2)3)21(22,23)19(26)29-7-4-8-30-24(27)28;12-2-1-3-18-10(17)11(13,14)7-4-8(15)6-9(16)5-7;1-16-8-3-6(5-14)2-7(4-8)10(12,13)9(11)15;1-15-8-3-6(5-11)2-7(4-8)9(12)10(13)14;1-8(2)9-4-6-10(3,11)7-5-9;10-8-4-7-9-5-2-1-3-6-9/h5,10-11,14-15,25H,4,6-9H2,1-3H3;5,10-11,14-15,25H,4,6-9H2,1-3H3;4-6,15-16H,1-3H2;2-4,14H,5H2,1H3;2-4,11H,5H2,1H3,(H,13,14);4,6,9,11H,1,5,7H2,2-3H3;1-3,5-6,10H,4,7-8H2/t2*14-,15-;;;;9-,10?;/m11...0./s1. The van der Waals surface area contributed by atoms with Crippen LogP contribution in [0, 0.1) is 27.9 Å². The summed E-state index contributed by atoms with van der Waals surface area (Å²) in [5.41, 5.74) is 1.93. The molecule has 9 N–H and O–H groups in total. The average molecular weight is 1980 g/mol. The van der Waals surface area contributed by atoms with Crippen LogP contribution in [0.5, 0.6) is 46.0 Å². The third kappa shape index (κ3) is 31.4. The third-order valence-corrected chi connectivity index (χ3v) is 22.5. The zero-order valence-electron chi connectivity index (χ0n) is 72.6. The molecule has 0 radical (unpaired) electrons. The lowest BCUT2D eigenvalue weighted by Gasteiger charge is -2.47. The van der Waals surface area contributed by atoms with E-state index in [4.69, 9.17) is 61.2 Å². The van der Waals surface area contributed by atoms with E-state index >= 15 is 0 Å². The maximum atomic E-state index is 14.7. The number of phenolic OH excluding ortho intramolecular Hbond substituents is 4. The van der Waals surface area contributed by atoms with Crippen molar-refractivity contribution in [2.75, 3.05) is 57.9 Å². The molecule has 6 atom stereocenters. The van der Waals surface area contributed by atoms with Crippen molar-refractivity contribution in [1.82, 2.24) is 0 Å². The van der Waals surface area contributed by atoms with Crippen LogP contribution in [-0.4, -0.2) is 161 Å². The Morgan fingerprint density at radius 2 is 1.01 bits per heavy atom. The Hall–Kier alpha value is -10.4. The Kier molecular flexibility index (Phi) is 41.5. The van der Waals surface area contributed by atoms with Gasteiger partial charge in [0.2, 0.25) is 0 Å². The van der Waals surface area contributed by atoms with E-state index in [1.165, 1.54) is 61.3 Å². The monoisotopic (exact) mass is 1970 g/mol. The van der Waals surface area contributed by atoms with Gasteiger partial charge >= 0.3 is 47.6 Å². The molecule has 26 nitrogen and oxygen atoms in total. The van der Waals surface area contributed by atoms with Crippen LogP contribution in [0.4, 0.5) is 35.1 Å². The van der Waals surface area contributed by atoms with Crippen molar-refractivity contribution < 1.29 is 153 Å². The number of carbonyl (C=O) groups is 6. The number of carboxylic acids is 1. The number of hydrogen-bond acceptors (Lipinski definition) is 24. The van der Waals surface area contributed by atoms with Gasteiger partial charge in [-0.3, -0.25) is 9.59 Å². The van der Waals surface area contributed by atoms with Crippen LogP contribution in [0.15, 0.2) is 157 Å². The number of allylic oxidation sites excluding steroid dienone is 6. The molecule has 11 rings (SSSR count). The van der Waals surface area contributed by atoms with Gasteiger partial charge in [0.1, 0.15) is 57.2 Å². The summed E-state index contributed by atoms with van der Waals surface area (Å²) >= 11 is 11.0. The summed E-state index contributed by atoms with van der Waals surface area (Å²) in [6, 6.07) is 24.1. The van der Waals surface area contributed by atoms with Crippen molar-refractivity contribution in [3.63, 3.8) is 0 Å². The minimum absolute atomic E-state index is 0.00843. The van der Waals surface area contributed by atoms with Crippen molar-refractivity contribution in [1.29, 1.82) is 0 Å². The maximum absolute atomic E-state index is 14.7. The van der Waals surface area contributed by atoms with Gasteiger partial charge in [-0.2, -0.15) is 35.1 Å². The van der Waals surface area contributed by atoms with E-state index in [-0.39, 0.29) is 103 Å². The van der Waals surface area contributed by atoms with Crippen LogP contribution in [0.2, 0.25) is 0 Å². The molecule has 2 aliphatic heterocycles. The number of nitrogens with zero attached hydrogens (tertiary/aromatic N) is 1. The Balaban J connectivity index is 0.000000276. The van der Waals surface area contributed by atoms with Gasteiger partial charge in [0.05, 0.1) is 59.5 Å². The number of hydrogen-bond donors (Lipinski definition) is 9. The molecule has 0 spiro atoms. The minimum atomic E-state index is -4.04. The molecule has 6 aromatic rings. The molecule has 37 heteroatoms. The van der Waals surface area contributed by atoms with Gasteiger partial charge in [-0.05, 0) is 227 Å². The first-order valence-electron chi connectivity index (χ1n) is 40.5. The second-order valence-electron chi connectivity index (χ2n) is 32.0. The predicted octanol–water partition coefficient (Wildman–Crippen LogP) is 18.6. The van der Waals surface area contributed by atoms with Crippen LogP contribution in [-0.2, 0) is 86.3 Å². The first-order valence-corrected chi connectivity index (χ1v) is 43.1. The molecule has 0 fully saturated rings. The number of aromatic hydroxyl groups is 4. The van der Waals surface area contributed by atoms with Crippen molar-refractivity contribution in [3.8, 4) is 46.0 Å². The Labute approximate surface area is 762 Å². The highest BCUT2D eigenvalue weighted by molar-refractivity contribution is 9.09. The number of fused-ring (bicyclic) bond motifs is 6. The Morgan fingerprint density at radius 3 is 1.40 bits per heavy atom. The molecule has 6 aromatic carbocycles. The second-order valence-corrected chi connectivity index (χ2v) is 33.9. The summed E-state index contributed by atoms with van der Waals surface area (Å²) in [6.45, 7) is 17.9. The fourth-order valence-corrected chi connectivity index (χ4v) is 14.8. The molecule has 2 heterocycles. The van der Waals surface area contributed by atoms with E-state index in [0.717, 1.165) is 86.9 Å². The molecule has 3 aliphatic carbocycles. The van der Waals surface area contributed by atoms with E-state index in [2.05, 4.69) is 87.8 Å². The second kappa shape index (κ2) is 49.0. The van der Waals surface area contributed by atoms with Crippen LogP contribution in [0.3, 0.4) is 0 Å². The van der Waals surface area contributed by atoms with E-state index in [0.29, 0.717) is 70.4 Å². The summed E-state index contributed by atoms with van der Waals surface area (Å²) in [5.74, 6) is -23.7. The maximum Gasteiger partial charge on any atom is 0.381 e. The van der Waals surface area contributed by atoms with Gasteiger partial charge < -0.3 is 84.0 Å². The number of esters is 3. The smallest absolute Gasteiger partial charge is 0.381 e. The summed E-state index contributed by atoms with van der Waals surface area (Å²) < 4.78 is 148. The summed E-state index contributed by atoms with van der Waals surface area (Å²) in [6.07, 6.45) is 15.7. The number of aliphatic hydroxyl groups excluding tert-OH is 3. The fraction of sp³-hybridized carbons (Fsp3) is 0.457. The number of halogens is 11. The van der Waals surface area contributed by atoms with Crippen molar-refractivity contribution in [2.24, 2.45) is 17.8 Å². The first-order chi connectivity index (χ1) is 60.3. The highest BCUT2D eigenvalue weighted by atomic mass is 79.9. The largest absolute Gasteiger partial charge is 0.508 e. The molecule has 0 saturated heterocycles. The highest BCUT2D eigenvalue weighted by Crippen LogP contribution is 2.57. The molecule has 0 amide bonds. The van der Waals surface area contributed by atoms with Gasteiger partial charge in [0, 0.05) is 92.4 Å². The molecule has 5 aliphatic rings. The normalized spacial score (nSPS) is 18.3. The lowest BCUT2D eigenvalue weighted by atomic mass is 9.67. The summed E-state index contributed by atoms with van der Waals surface area (Å²) in [4.78, 5) is 81.3. The number of aliphatic carboxylic acids is 1. The molecule has 0 saturated carbocycles. The number of rotatable bonds is 29. The summed E-state index contributed by atoms with van der Waals surface area (Å²) in [7, 11) is 2.69. The van der Waals surface area contributed by atoms with Gasteiger partial charge in [-0.25, -0.2) is 19.2 Å². The van der Waals surface area contributed by atoms with Crippen molar-refractivity contribution in [2.45, 2.75) is 192 Å². The summed E-state index contributed by atoms with van der Waals surface area (Å²) in [5, 5.41) is 92.1. The zero-order chi connectivity index (χ0) is 96.9. The molecule has 708 valence electrons. The number of Topliss-reactive ketones (excluding diaryl/α,β-unsaturated/α-hetero) is 1. The fourth-order valence-electron chi connectivity index (χ4n) is 14.3. The molecule has 129 heavy (non-hydrogen) atoms. The van der Waals surface area contributed by atoms with Crippen LogP contribution < -0.4 is 18.9 Å². The van der Waals surface area contributed by atoms with Crippen LogP contribution in [0.25, 0.3) is 0 Å². The number of phenols is 4. The molecular weight excluding hydrogens is 1870 g/mol. The molecule has 1 unspecified atom stereocenters. The first kappa shape index (κ1) is 109. The number of aryl methyl sites for hydroxylation is 1. The third-order valence-electron chi connectivity index (χ3n) is 21.1. The molecular formula is C92H108Br2ClF8NO25. The molecule has 0 aromatic heterocycles. The van der Waals surface area contributed by atoms with Crippen LogP contribution in [0.1, 0.15) is 192 Å². The number of ketones is 1. The average Bonchev–Trinajstić information content (AvgIpc) is 0.738. The lowest BCUT2D eigenvalue weighted by molar-refractivity contribution is -0.757. The highest BCUT2D eigenvalue weighted by Gasteiger charge is 2.52. The minimum Gasteiger partial charge on any atom is -0.508 e. The van der Waals surface area contributed by atoms with Gasteiger partial charge in [-0.1, -0.05) is 110 Å². The quantitative estimate of drug-likeness (QED) is 0.00180. The number of aliphatic hydroxyl groups is 4. The number of ether oxygens (including phenoxy) is 7. The zero-order valence-corrected chi connectivity index (χ0v) is 76.5. The topological polar surface area (TPSA) is 401 Å². The van der Waals surface area contributed by atoms with Gasteiger partial charge in [0.15, 0.2) is 0 Å². The molecule has 0 bridgehead atoms. The Bertz CT molecular complexity index is 4890.